The molecule has 3 aromatic rings. The van der Waals surface area contributed by atoms with Gasteiger partial charge in [-0.1, -0.05) is 123 Å². The Hall–Kier alpha value is -2.98. The van der Waals surface area contributed by atoms with Crippen LogP contribution in [0.5, 0.6) is 5.75 Å². The van der Waals surface area contributed by atoms with Crippen molar-refractivity contribution < 1.29 is 23.1 Å². The Bertz CT molecular complexity index is 1650. The van der Waals surface area contributed by atoms with Gasteiger partial charge in [0, 0.05) is 31.1 Å². The van der Waals surface area contributed by atoms with Gasteiger partial charge in [0.1, 0.15) is 5.75 Å². The number of carbonyl (C=O) groups is 1. The number of hydrogen-bond donors (Lipinski definition) is 0. The third-order valence-corrected chi connectivity index (χ3v) is 20.9. The molecule has 0 heterocycles. The first kappa shape index (κ1) is 46.4. The van der Waals surface area contributed by atoms with Gasteiger partial charge in [-0.05, 0) is 120 Å². The fourth-order valence-electron chi connectivity index (χ4n) is 5.89. The summed E-state index contributed by atoms with van der Waals surface area (Å²) in [5.74, 6) is 0.659. The van der Waals surface area contributed by atoms with Gasteiger partial charge in [-0.15, -0.1) is 0 Å². The summed E-state index contributed by atoms with van der Waals surface area (Å²) in [6.07, 6.45) is 7.17. The van der Waals surface area contributed by atoms with E-state index in [-0.39, 0.29) is 28.6 Å². The highest BCUT2D eigenvalue weighted by Gasteiger charge is 2.39. The van der Waals surface area contributed by atoms with Crippen molar-refractivity contribution in [3.63, 3.8) is 0 Å². The van der Waals surface area contributed by atoms with Crippen LogP contribution in [0.3, 0.4) is 0 Å². The zero-order valence-corrected chi connectivity index (χ0v) is 38.9. The molecule has 304 valence electrons. The molecule has 0 spiro atoms. The van der Waals surface area contributed by atoms with E-state index >= 15 is 0 Å². The topological polar surface area (TPSA) is 54.0 Å². The molecule has 3 aromatic carbocycles. The van der Waals surface area contributed by atoms with Crippen LogP contribution in [0.1, 0.15) is 105 Å². The Kier molecular flexibility index (Phi) is 17.3. The number of benzene rings is 3. The van der Waals surface area contributed by atoms with Gasteiger partial charge in [0.25, 0.3) is 0 Å². The molecule has 0 amide bonds. The molecule has 0 bridgehead atoms. The van der Waals surface area contributed by atoms with Crippen LogP contribution >= 0.6 is 0 Å². The highest BCUT2D eigenvalue weighted by molar-refractivity contribution is 6.74. The second-order valence-corrected chi connectivity index (χ2v) is 28.1. The van der Waals surface area contributed by atoms with Crippen molar-refractivity contribution >= 4 is 22.6 Å². The van der Waals surface area contributed by atoms with E-state index in [1.807, 2.05) is 0 Å². The summed E-state index contributed by atoms with van der Waals surface area (Å²) in [7, 11) is -3.87. The minimum absolute atomic E-state index is 0.135. The number of esters is 1. The van der Waals surface area contributed by atoms with E-state index in [2.05, 4.69) is 149 Å². The van der Waals surface area contributed by atoms with Crippen molar-refractivity contribution in [1.29, 1.82) is 0 Å². The van der Waals surface area contributed by atoms with Crippen LogP contribution in [0.2, 0.25) is 36.3 Å². The quantitative estimate of drug-likeness (QED) is 0.0466. The Labute approximate surface area is 337 Å². The molecule has 5 nitrogen and oxygen atoms in total. The Morgan fingerprint density at radius 3 is 1.82 bits per heavy atom. The smallest absolute Gasteiger partial charge is 0.333 e. The van der Waals surface area contributed by atoms with Gasteiger partial charge >= 0.3 is 5.97 Å². The van der Waals surface area contributed by atoms with Gasteiger partial charge in [-0.2, -0.15) is 0 Å². The van der Waals surface area contributed by atoms with Gasteiger partial charge in [0.05, 0.1) is 13.2 Å². The van der Waals surface area contributed by atoms with Gasteiger partial charge in [-0.25, -0.2) is 4.79 Å². The first-order valence-electron chi connectivity index (χ1n) is 20.8. The van der Waals surface area contributed by atoms with Crippen LogP contribution in [0.4, 0.5) is 0 Å². The molecule has 0 aliphatic rings. The van der Waals surface area contributed by atoms with Crippen LogP contribution in [-0.2, 0) is 37.6 Å². The van der Waals surface area contributed by atoms with Crippen molar-refractivity contribution in [1.82, 2.24) is 0 Å². The lowest BCUT2D eigenvalue weighted by Crippen LogP contribution is -2.44. The molecular formula is C48H74O5Si2. The Morgan fingerprint density at radius 1 is 0.709 bits per heavy atom. The van der Waals surface area contributed by atoms with Gasteiger partial charge in [0.15, 0.2) is 16.6 Å². The summed E-state index contributed by atoms with van der Waals surface area (Å²) in [6.45, 7) is 35.0. The van der Waals surface area contributed by atoms with Crippen LogP contribution in [0, 0.1) is 5.92 Å². The highest BCUT2D eigenvalue weighted by Crippen LogP contribution is 2.39. The standard InChI is InChI=1S/C48H74O5Si2/c1-15-17-18-19-37-20-22-40(23-21-37)41-24-26-44(39(16-2)32-41)42-25-27-45(43(33-42)29-31-51-46(49)36(3)4)50-30-28-38(34-52-54(11,12)47(5,6)7)35-53-55(13,14)48(8,9)10/h20-27,32-33,38H,3,15-19,28-31,34-35H2,1-2,4-14H3. The van der Waals surface area contributed by atoms with E-state index < -0.39 is 16.6 Å². The number of rotatable bonds is 21. The number of unbranched alkanes of at least 4 members (excludes halogenated alkanes) is 2. The zero-order valence-electron chi connectivity index (χ0n) is 36.9. The molecule has 0 unspecified atom stereocenters. The monoisotopic (exact) mass is 787 g/mol. The van der Waals surface area contributed by atoms with E-state index in [0.717, 1.165) is 36.1 Å². The summed E-state index contributed by atoms with van der Waals surface area (Å²) < 4.78 is 25.6. The summed E-state index contributed by atoms with van der Waals surface area (Å²) in [4.78, 5) is 12.3. The SMILES string of the molecule is C=C(C)C(=O)OCCc1cc(-c2ccc(-c3ccc(CCCCC)cc3)cc2CC)ccc1OCCC(CO[Si](C)(C)C(C)(C)C)CO[Si](C)(C)C(C)(C)C. The third-order valence-electron chi connectivity index (χ3n) is 11.9. The number of aryl methyl sites for hydroxylation is 2. The molecule has 55 heavy (non-hydrogen) atoms. The predicted octanol–water partition coefficient (Wildman–Crippen LogP) is 13.4. The van der Waals surface area contributed by atoms with Crippen LogP contribution in [-0.4, -0.2) is 49.0 Å². The largest absolute Gasteiger partial charge is 0.493 e. The summed E-state index contributed by atoms with van der Waals surface area (Å²) in [5, 5.41) is 0.269. The van der Waals surface area contributed by atoms with Crippen molar-refractivity contribution in [3.05, 3.63) is 89.5 Å². The predicted molar refractivity (Wildman–Crippen MR) is 239 cm³/mol. The lowest BCUT2D eigenvalue weighted by atomic mass is 9.92. The van der Waals surface area contributed by atoms with Crippen molar-refractivity contribution in [2.24, 2.45) is 5.92 Å². The lowest BCUT2D eigenvalue weighted by molar-refractivity contribution is -0.138. The highest BCUT2D eigenvalue weighted by atomic mass is 28.4. The fourth-order valence-corrected chi connectivity index (χ4v) is 8.06. The zero-order chi connectivity index (χ0) is 41.0. The van der Waals surface area contributed by atoms with E-state index in [1.165, 1.54) is 47.1 Å². The molecule has 0 saturated heterocycles. The van der Waals surface area contributed by atoms with Crippen LogP contribution in [0.15, 0.2) is 72.8 Å². The maximum Gasteiger partial charge on any atom is 0.333 e. The molecular weight excluding hydrogens is 713 g/mol. The number of carbonyl (C=O) groups excluding carboxylic acids is 1. The first-order valence-corrected chi connectivity index (χ1v) is 26.6. The maximum atomic E-state index is 12.3. The average molecular weight is 787 g/mol. The summed E-state index contributed by atoms with van der Waals surface area (Å²) in [6, 6.07) is 22.4. The van der Waals surface area contributed by atoms with Crippen molar-refractivity contribution in [2.75, 3.05) is 26.4 Å². The lowest BCUT2D eigenvalue weighted by Gasteiger charge is -2.39. The van der Waals surface area contributed by atoms with Crippen LogP contribution in [0.25, 0.3) is 22.3 Å². The molecule has 0 aliphatic carbocycles. The number of ether oxygens (including phenoxy) is 2. The third kappa shape index (κ3) is 13.9. The number of hydrogen-bond acceptors (Lipinski definition) is 5. The van der Waals surface area contributed by atoms with E-state index in [9.17, 15) is 4.79 Å². The van der Waals surface area contributed by atoms with Gasteiger partial charge in [0.2, 0.25) is 0 Å². The molecule has 0 radical (unpaired) electrons. The van der Waals surface area contributed by atoms with Gasteiger partial charge < -0.3 is 18.3 Å². The molecule has 7 heteroatoms. The first-order chi connectivity index (χ1) is 25.7. The molecule has 3 rings (SSSR count). The minimum atomic E-state index is -1.93. The molecule has 0 saturated carbocycles. The van der Waals surface area contributed by atoms with Crippen molar-refractivity contribution in [2.45, 2.75) is 144 Å². The van der Waals surface area contributed by atoms with E-state index in [4.69, 9.17) is 18.3 Å². The van der Waals surface area contributed by atoms with E-state index in [0.29, 0.717) is 31.8 Å². The molecule has 0 fully saturated rings. The van der Waals surface area contributed by atoms with Crippen molar-refractivity contribution in [3.8, 4) is 28.0 Å². The Balaban J connectivity index is 1.86. The molecule has 0 N–H and O–H groups in total. The molecule has 0 aliphatic heterocycles. The fraction of sp³-hybridized carbons (Fsp3) is 0.562. The Morgan fingerprint density at radius 2 is 1.27 bits per heavy atom. The summed E-state index contributed by atoms with van der Waals surface area (Å²) in [5.41, 5.74) is 8.93. The maximum absolute atomic E-state index is 12.3. The second-order valence-electron chi connectivity index (χ2n) is 18.5. The minimum Gasteiger partial charge on any atom is -0.493 e. The average Bonchev–Trinajstić information content (AvgIpc) is 3.12. The second kappa shape index (κ2) is 20.4. The normalized spacial score (nSPS) is 12.6. The molecule has 0 aromatic heterocycles. The van der Waals surface area contributed by atoms with Crippen LogP contribution < -0.4 is 4.74 Å². The summed E-state index contributed by atoms with van der Waals surface area (Å²) >= 11 is 0. The van der Waals surface area contributed by atoms with E-state index in [1.54, 1.807) is 6.92 Å². The molecule has 0 atom stereocenters. The van der Waals surface area contributed by atoms with Gasteiger partial charge in [-0.3, -0.25) is 0 Å².